The Morgan fingerprint density at radius 1 is 1.22 bits per heavy atom. The Kier molecular flexibility index (Phi) is 5.79. The number of sulfonamides is 1. The van der Waals surface area contributed by atoms with Crippen LogP contribution >= 0.6 is 11.6 Å². The van der Waals surface area contributed by atoms with Crippen LogP contribution in [-0.2, 0) is 16.4 Å². The summed E-state index contributed by atoms with van der Waals surface area (Å²) in [6.07, 6.45) is 1.73. The number of ether oxygens (including phenoxy) is 1. The minimum atomic E-state index is -4.02. The smallest absolute Gasteiger partial charge is 0.243 e. The third-order valence-corrected chi connectivity index (χ3v) is 5.54. The van der Waals surface area contributed by atoms with Crippen molar-refractivity contribution in [3.8, 4) is 17.2 Å². The second-order valence-electron chi connectivity index (χ2n) is 5.57. The number of hydrogen-bond donors (Lipinski definition) is 1. The third kappa shape index (κ3) is 4.47. The zero-order chi connectivity index (χ0) is 19.4. The fourth-order valence-corrected chi connectivity index (χ4v) is 3.73. The molecular formula is C18H16ClFN2O4S. The Morgan fingerprint density at radius 3 is 2.67 bits per heavy atom. The van der Waals surface area contributed by atoms with E-state index >= 15 is 0 Å². The summed E-state index contributed by atoms with van der Waals surface area (Å²) in [5.41, 5.74) is 1.33. The van der Waals surface area contributed by atoms with Gasteiger partial charge in [0.25, 0.3) is 0 Å². The van der Waals surface area contributed by atoms with Crippen molar-refractivity contribution in [3.05, 3.63) is 65.3 Å². The molecule has 0 saturated heterocycles. The highest BCUT2D eigenvalue weighted by atomic mass is 35.5. The molecular weight excluding hydrogens is 395 g/mol. The molecule has 6 nitrogen and oxygen atoms in total. The maximum atomic E-state index is 13.9. The van der Waals surface area contributed by atoms with E-state index in [-0.39, 0.29) is 18.0 Å². The first-order chi connectivity index (χ1) is 12.9. The Bertz CT molecular complexity index is 1040. The van der Waals surface area contributed by atoms with Crippen molar-refractivity contribution in [2.45, 2.75) is 11.3 Å². The van der Waals surface area contributed by atoms with Crippen molar-refractivity contribution in [2.24, 2.45) is 0 Å². The van der Waals surface area contributed by atoms with Gasteiger partial charge in [-0.1, -0.05) is 17.7 Å². The molecule has 142 valence electrons. The summed E-state index contributed by atoms with van der Waals surface area (Å²) in [5, 5.41) is -0.251. The molecule has 0 unspecified atom stereocenters. The predicted molar refractivity (Wildman–Crippen MR) is 98.8 cm³/mol. The molecule has 0 saturated carbocycles. The first-order valence-corrected chi connectivity index (χ1v) is 9.79. The van der Waals surface area contributed by atoms with Crippen molar-refractivity contribution in [1.29, 1.82) is 0 Å². The van der Waals surface area contributed by atoms with Gasteiger partial charge in [-0.3, -0.25) is 0 Å². The topological polar surface area (TPSA) is 81.4 Å². The number of halogens is 2. The monoisotopic (exact) mass is 410 g/mol. The molecule has 0 atom stereocenters. The number of nitrogens with zero attached hydrogens (tertiary/aromatic N) is 1. The van der Waals surface area contributed by atoms with Gasteiger partial charge >= 0.3 is 0 Å². The molecule has 0 fully saturated rings. The van der Waals surface area contributed by atoms with Gasteiger partial charge in [-0.15, -0.1) is 0 Å². The lowest BCUT2D eigenvalue weighted by Gasteiger charge is -2.07. The lowest BCUT2D eigenvalue weighted by molar-refractivity contribution is 0.415. The Labute approximate surface area is 161 Å². The fraction of sp³-hybridized carbons (Fsp3) is 0.167. The van der Waals surface area contributed by atoms with Crippen LogP contribution in [0.5, 0.6) is 5.75 Å². The Hall–Kier alpha value is -2.42. The van der Waals surface area contributed by atoms with Gasteiger partial charge in [0.05, 0.1) is 17.8 Å². The molecule has 3 aromatic rings. The minimum Gasteiger partial charge on any atom is -0.497 e. The van der Waals surface area contributed by atoms with E-state index in [9.17, 15) is 12.8 Å². The summed E-state index contributed by atoms with van der Waals surface area (Å²) in [5.74, 6) is 0.152. The number of rotatable bonds is 7. The van der Waals surface area contributed by atoms with E-state index in [2.05, 4.69) is 9.71 Å². The van der Waals surface area contributed by atoms with Crippen molar-refractivity contribution < 1.29 is 22.0 Å². The van der Waals surface area contributed by atoms with Crippen LogP contribution in [-0.4, -0.2) is 27.1 Å². The molecule has 0 bridgehead atoms. The van der Waals surface area contributed by atoms with Gasteiger partial charge in [0.15, 0.2) is 5.82 Å². The summed E-state index contributed by atoms with van der Waals surface area (Å²) in [6, 6.07) is 11.0. The number of hydrogen-bond acceptors (Lipinski definition) is 5. The van der Waals surface area contributed by atoms with Gasteiger partial charge in [0.2, 0.25) is 15.9 Å². The summed E-state index contributed by atoms with van der Waals surface area (Å²) in [7, 11) is -2.44. The SMILES string of the molecule is COc1ccc(-c2nc(CCNS(=O)(=O)c3cccc(Cl)c3F)co2)cc1. The molecule has 0 aliphatic carbocycles. The lowest BCUT2D eigenvalue weighted by atomic mass is 10.2. The van der Waals surface area contributed by atoms with Gasteiger partial charge in [-0.2, -0.15) is 0 Å². The minimum absolute atomic E-state index is 0.0306. The first kappa shape index (κ1) is 19.3. The van der Waals surface area contributed by atoms with Crippen molar-refractivity contribution in [2.75, 3.05) is 13.7 Å². The summed E-state index contributed by atoms with van der Waals surface area (Å²) in [4.78, 5) is 3.83. The van der Waals surface area contributed by atoms with Crippen LogP contribution in [0.3, 0.4) is 0 Å². The molecule has 1 heterocycles. The summed E-state index contributed by atoms with van der Waals surface area (Å²) in [6.45, 7) is 0.0306. The maximum Gasteiger partial charge on any atom is 0.243 e. The Balaban J connectivity index is 1.64. The van der Waals surface area contributed by atoms with Crippen LogP contribution in [0, 0.1) is 5.82 Å². The van der Waals surface area contributed by atoms with E-state index in [1.165, 1.54) is 18.4 Å². The molecule has 27 heavy (non-hydrogen) atoms. The van der Waals surface area contributed by atoms with Crippen molar-refractivity contribution >= 4 is 21.6 Å². The van der Waals surface area contributed by atoms with E-state index in [1.807, 2.05) is 0 Å². The van der Waals surface area contributed by atoms with Crippen LogP contribution < -0.4 is 9.46 Å². The van der Waals surface area contributed by atoms with Gasteiger partial charge in [-0.25, -0.2) is 22.5 Å². The fourth-order valence-electron chi connectivity index (χ4n) is 2.37. The number of benzene rings is 2. The van der Waals surface area contributed by atoms with Crippen LogP contribution in [0.1, 0.15) is 5.69 Å². The number of methoxy groups -OCH3 is 1. The summed E-state index contributed by atoms with van der Waals surface area (Å²) < 4.78 is 51.2. The van der Waals surface area contributed by atoms with E-state index in [0.29, 0.717) is 17.3 Å². The average molecular weight is 411 g/mol. The zero-order valence-corrected chi connectivity index (χ0v) is 15.8. The maximum absolute atomic E-state index is 13.9. The molecule has 0 radical (unpaired) electrons. The predicted octanol–water partition coefficient (Wildman–Crippen LogP) is 3.66. The first-order valence-electron chi connectivity index (χ1n) is 7.93. The molecule has 2 aromatic carbocycles. The van der Waals surface area contributed by atoms with Crippen LogP contribution in [0.4, 0.5) is 4.39 Å². The average Bonchev–Trinajstić information content (AvgIpc) is 3.12. The standard InChI is InChI=1S/C18H16ClFN2O4S/c1-25-14-7-5-12(6-8-14)18-22-13(11-26-18)9-10-21-27(23,24)16-4-2-3-15(19)17(16)20/h2-8,11,21H,9-10H2,1H3. The molecule has 0 aliphatic rings. The quantitative estimate of drug-likeness (QED) is 0.642. The highest BCUT2D eigenvalue weighted by molar-refractivity contribution is 7.89. The number of oxazole rings is 1. The number of nitrogens with one attached hydrogen (secondary N) is 1. The molecule has 3 rings (SSSR count). The third-order valence-electron chi connectivity index (χ3n) is 3.77. The van der Waals surface area contributed by atoms with Crippen LogP contribution in [0.25, 0.3) is 11.5 Å². The normalized spacial score (nSPS) is 11.5. The van der Waals surface area contributed by atoms with E-state index in [4.69, 9.17) is 20.8 Å². The lowest BCUT2D eigenvalue weighted by Crippen LogP contribution is -2.27. The van der Waals surface area contributed by atoms with Crippen molar-refractivity contribution in [3.63, 3.8) is 0 Å². The molecule has 0 amide bonds. The van der Waals surface area contributed by atoms with E-state index in [1.54, 1.807) is 31.4 Å². The van der Waals surface area contributed by atoms with E-state index in [0.717, 1.165) is 11.6 Å². The largest absolute Gasteiger partial charge is 0.497 e. The van der Waals surface area contributed by atoms with Crippen molar-refractivity contribution in [1.82, 2.24) is 9.71 Å². The Morgan fingerprint density at radius 2 is 1.96 bits per heavy atom. The van der Waals surface area contributed by atoms with Gasteiger partial charge < -0.3 is 9.15 Å². The second kappa shape index (κ2) is 8.08. The molecule has 1 N–H and O–H groups in total. The van der Waals surface area contributed by atoms with Crippen LogP contribution in [0.15, 0.2) is 58.0 Å². The number of aromatic nitrogens is 1. The summed E-state index contributed by atoms with van der Waals surface area (Å²) >= 11 is 5.63. The second-order valence-corrected chi connectivity index (χ2v) is 7.71. The molecule has 0 spiro atoms. The molecule has 1 aromatic heterocycles. The van der Waals surface area contributed by atoms with Gasteiger partial charge in [0.1, 0.15) is 16.9 Å². The molecule has 9 heteroatoms. The van der Waals surface area contributed by atoms with Gasteiger partial charge in [-0.05, 0) is 36.4 Å². The zero-order valence-electron chi connectivity index (χ0n) is 14.3. The highest BCUT2D eigenvalue weighted by Gasteiger charge is 2.20. The van der Waals surface area contributed by atoms with Gasteiger partial charge in [0, 0.05) is 18.5 Å². The van der Waals surface area contributed by atoms with E-state index < -0.39 is 20.7 Å². The highest BCUT2D eigenvalue weighted by Crippen LogP contribution is 2.23. The van der Waals surface area contributed by atoms with Crippen LogP contribution in [0.2, 0.25) is 5.02 Å². The molecule has 0 aliphatic heterocycles.